The Balaban J connectivity index is -0.00000110. The summed E-state index contributed by atoms with van der Waals surface area (Å²) in [7, 11) is -0.267. The molecule has 0 aliphatic heterocycles. The Labute approximate surface area is 184 Å². The van der Waals surface area contributed by atoms with Gasteiger partial charge >= 0.3 is 21.7 Å². The van der Waals surface area contributed by atoms with Gasteiger partial charge in [-0.1, -0.05) is 94.3 Å². The third kappa shape index (κ3) is 9.85. The van der Waals surface area contributed by atoms with Crippen molar-refractivity contribution in [2.45, 2.75) is 58.8 Å². The largest absolute Gasteiger partial charge is 4.00 e. The summed E-state index contributed by atoms with van der Waals surface area (Å²) < 4.78 is 0. The van der Waals surface area contributed by atoms with Crippen LogP contribution < -0.4 is 42.4 Å². The molecule has 0 unspecified atom stereocenters. The summed E-state index contributed by atoms with van der Waals surface area (Å²) in [4.78, 5) is 0. The zero-order chi connectivity index (χ0) is 14.2. The van der Waals surface area contributed by atoms with E-state index >= 15 is 0 Å². The molecule has 1 aliphatic carbocycles. The Morgan fingerprint density at radius 3 is 2.17 bits per heavy atom. The van der Waals surface area contributed by atoms with E-state index in [2.05, 4.69) is 50.3 Å². The quantitative estimate of drug-likeness (QED) is 0.218. The zero-order valence-electron chi connectivity index (χ0n) is 14.7. The van der Waals surface area contributed by atoms with Crippen molar-refractivity contribution in [1.82, 2.24) is 0 Å². The number of allylic oxidation sites excluding steroid dienone is 4. The molecule has 5 heteroatoms. The molecule has 0 heterocycles. The standard InChI is InChI=1S/C19H27Si.3ClH.Ti/c1-3-5-7-11-16-14-17(10-4-2)19(15-16)20-18-12-8-6-9-13-18;;;;/h6,8-9,12-13H,3-5,7,10-11,15,20H2,1-2H3;3*1H;/q-1;;;;+4/p-3. The second kappa shape index (κ2) is 16.9. The zero-order valence-corrected chi connectivity index (χ0v) is 19.9. The Morgan fingerprint density at radius 2 is 1.58 bits per heavy atom. The van der Waals surface area contributed by atoms with Crippen LogP contribution in [0.25, 0.3) is 0 Å². The van der Waals surface area contributed by atoms with E-state index in [0.29, 0.717) is 0 Å². The van der Waals surface area contributed by atoms with Crippen molar-refractivity contribution in [2.24, 2.45) is 0 Å². The molecular weight excluding hydrogens is 411 g/mol. The fourth-order valence-corrected chi connectivity index (χ4v) is 4.86. The molecule has 0 N–H and O–H groups in total. The molecule has 0 saturated carbocycles. The summed E-state index contributed by atoms with van der Waals surface area (Å²) in [5, 5.41) is 3.33. The topological polar surface area (TPSA) is 0 Å². The van der Waals surface area contributed by atoms with E-state index in [1.807, 2.05) is 0 Å². The summed E-state index contributed by atoms with van der Waals surface area (Å²) in [6.07, 6.45) is 12.8. The van der Waals surface area contributed by atoms with E-state index in [1.165, 1.54) is 44.9 Å². The van der Waals surface area contributed by atoms with Crippen molar-refractivity contribution in [3.05, 3.63) is 52.8 Å². The summed E-state index contributed by atoms with van der Waals surface area (Å²) in [6, 6.07) is 11.1. The summed E-state index contributed by atoms with van der Waals surface area (Å²) in [5.41, 5.74) is 3.15. The van der Waals surface area contributed by atoms with Crippen LogP contribution in [0.15, 0.2) is 46.7 Å². The fraction of sp³-hybridized carbons (Fsp3) is 0.474. The molecule has 0 fully saturated rings. The Morgan fingerprint density at radius 1 is 0.917 bits per heavy atom. The predicted octanol–water partition coefficient (Wildman–Crippen LogP) is -4.74. The third-order valence-electron chi connectivity index (χ3n) is 4.02. The minimum absolute atomic E-state index is 0. The first-order chi connectivity index (χ1) is 9.83. The maximum absolute atomic E-state index is 3.75. The molecule has 1 aliphatic rings. The first-order valence-electron chi connectivity index (χ1n) is 8.20. The van der Waals surface area contributed by atoms with Gasteiger partial charge in [-0.25, -0.2) is 16.8 Å². The van der Waals surface area contributed by atoms with Crippen molar-refractivity contribution in [3.63, 3.8) is 0 Å². The number of hydrogen-bond acceptors (Lipinski definition) is 0. The van der Waals surface area contributed by atoms with Gasteiger partial charge in [0.05, 0.1) is 0 Å². The third-order valence-corrected chi connectivity index (χ3v) is 6.01. The van der Waals surface area contributed by atoms with Crippen molar-refractivity contribution in [1.29, 1.82) is 0 Å². The molecule has 1 aromatic carbocycles. The molecule has 0 nitrogen and oxygen atoms in total. The minimum atomic E-state index is -0.267. The molecular formula is C19H27Cl3SiTi. The van der Waals surface area contributed by atoms with E-state index in [-0.39, 0.29) is 68.5 Å². The van der Waals surface area contributed by atoms with Gasteiger partial charge in [0.1, 0.15) is 0 Å². The van der Waals surface area contributed by atoms with E-state index < -0.39 is 0 Å². The van der Waals surface area contributed by atoms with Gasteiger partial charge in [0.25, 0.3) is 0 Å². The van der Waals surface area contributed by atoms with Crippen LogP contribution in [0.2, 0.25) is 0 Å². The molecule has 0 bridgehead atoms. The Kier molecular flexibility index (Phi) is 20.7. The van der Waals surface area contributed by atoms with Crippen LogP contribution in [0.4, 0.5) is 0 Å². The van der Waals surface area contributed by atoms with Gasteiger partial charge in [-0.15, -0.1) is 0 Å². The second-order valence-electron chi connectivity index (χ2n) is 5.86. The van der Waals surface area contributed by atoms with Crippen LogP contribution in [0.1, 0.15) is 58.8 Å². The SMILES string of the molecule is CCCCCC1=[C-]C(CCC)=C([SiH2]c2ccccc2)C1.[Cl-].[Cl-].[Cl-].[Ti+4]. The number of unbranched alkanes of at least 4 members (excludes halogenated alkanes) is 2. The molecule has 2 rings (SSSR count). The van der Waals surface area contributed by atoms with Gasteiger partial charge in [0.2, 0.25) is 0 Å². The molecule has 0 spiro atoms. The minimum Gasteiger partial charge on any atom is -1.00 e. The van der Waals surface area contributed by atoms with Crippen LogP contribution in [0.3, 0.4) is 0 Å². The van der Waals surface area contributed by atoms with Gasteiger partial charge in [0, 0.05) is 0 Å². The van der Waals surface area contributed by atoms with E-state index in [9.17, 15) is 0 Å². The number of rotatable bonds is 8. The first-order valence-corrected chi connectivity index (χ1v) is 9.61. The number of halogens is 3. The summed E-state index contributed by atoms with van der Waals surface area (Å²) >= 11 is 0. The van der Waals surface area contributed by atoms with Crippen molar-refractivity contribution in [3.8, 4) is 0 Å². The van der Waals surface area contributed by atoms with Crippen LogP contribution >= 0.6 is 0 Å². The Bertz CT molecular complexity index is 487. The summed E-state index contributed by atoms with van der Waals surface area (Å²) in [6.45, 7) is 4.56. The van der Waals surface area contributed by atoms with Crippen LogP contribution in [-0.2, 0) is 21.7 Å². The fourth-order valence-electron chi connectivity index (χ4n) is 2.95. The molecule has 0 aromatic heterocycles. The van der Waals surface area contributed by atoms with E-state index in [0.717, 1.165) is 0 Å². The van der Waals surface area contributed by atoms with Gasteiger partial charge in [-0.2, -0.15) is 5.57 Å². The van der Waals surface area contributed by atoms with Gasteiger partial charge < -0.3 is 37.2 Å². The molecule has 1 aromatic rings. The van der Waals surface area contributed by atoms with Crippen LogP contribution in [-0.4, -0.2) is 9.52 Å². The first kappa shape index (κ1) is 29.3. The predicted molar refractivity (Wildman–Crippen MR) is 92.1 cm³/mol. The molecule has 24 heavy (non-hydrogen) atoms. The average Bonchev–Trinajstić information content (AvgIpc) is 2.83. The van der Waals surface area contributed by atoms with E-state index in [4.69, 9.17) is 0 Å². The van der Waals surface area contributed by atoms with Gasteiger partial charge in [-0.3, -0.25) is 0 Å². The maximum Gasteiger partial charge on any atom is 4.00 e. The molecule has 0 atom stereocenters. The molecule has 0 amide bonds. The summed E-state index contributed by atoms with van der Waals surface area (Å²) in [5.74, 6) is 0. The normalized spacial score (nSPS) is 12.8. The number of benzene rings is 1. The monoisotopic (exact) mass is 436 g/mol. The second-order valence-corrected chi connectivity index (χ2v) is 7.88. The van der Waals surface area contributed by atoms with Crippen molar-refractivity contribution < 1.29 is 58.9 Å². The van der Waals surface area contributed by atoms with Crippen LogP contribution in [0.5, 0.6) is 0 Å². The number of hydrogen-bond donors (Lipinski definition) is 0. The van der Waals surface area contributed by atoms with Gasteiger partial charge in [0.15, 0.2) is 0 Å². The molecule has 0 saturated heterocycles. The maximum atomic E-state index is 3.75. The smallest absolute Gasteiger partial charge is 1.00 e. The molecule has 132 valence electrons. The van der Waals surface area contributed by atoms with Crippen molar-refractivity contribution >= 4 is 14.7 Å². The average molecular weight is 438 g/mol. The van der Waals surface area contributed by atoms with Crippen LogP contribution in [0, 0.1) is 6.08 Å². The van der Waals surface area contributed by atoms with E-state index in [1.54, 1.807) is 21.5 Å². The van der Waals surface area contributed by atoms with Crippen molar-refractivity contribution in [2.75, 3.05) is 0 Å². The van der Waals surface area contributed by atoms with Gasteiger partial charge in [-0.05, 0) is 9.52 Å². The Hall–Kier alpha value is 0.501. The molecule has 0 radical (unpaired) electrons.